The van der Waals surface area contributed by atoms with Crippen molar-refractivity contribution in [2.45, 2.75) is 26.7 Å². The zero-order chi connectivity index (χ0) is 12.4. The second-order valence-electron chi connectivity index (χ2n) is 3.23. The summed E-state index contributed by atoms with van der Waals surface area (Å²) in [6.07, 6.45) is 1.55. The number of anilines is 1. The molecule has 1 rings (SSSR count). The van der Waals surface area contributed by atoms with Crippen LogP contribution in [0.5, 0.6) is 0 Å². The largest absolute Gasteiger partial charge is 0.312 e. The number of benzene rings is 1. The molecule has 2 heteroatoms. The zero-order valence-corrected chi connectivity index (χ0v) is 10.3. The van der Waals surface area contributed by atoms with Gasteiger partial charge in [0.15, 0.2) is 0 Å². The molecule has 0 aliphatic carbocycles. The number of nitrogens with zero attached hydrogens (tertiary/aromatic N) is 1. The predicted octanol–water partition coefficient (Wildman–Crippen LogP) is 3.64. The molecule has 88 valence electrons. The SMILES string of the molecule is C=C.CCCN(C(=O)CC)c1ccccc1. The highest BCUT2D eigenvalue weighted by molar-refractivity contribution is 5.93. The molecule has 0 atom stereocenters. The summed E-state index contributed by atoms with van der Waals surface area (Å²) < 4.78 is 0. The molecule has 0 bridgehead atoms. The average Bonchev–Trinajstić information content (AvgIpc) is 2.38. The predicted molar refractivity (Wildman–Crippen MR) is 70.6 cm³/mol. The number of amides is 1. The maximum absolute atomic E-state index is 11.6. The molecule has 0 radical (unpaired) electrons. The van der Waals surface area contributed by atoms with Gasteiger partial charge < -0.3 is 4.90 Å². The van der Waals surface area contributed by atoms with Gasteiger partial charge in [0.05, 0.1) is 0 Å². The van der Waals surface area contributed by atoms with Crippen molar-refractivity contribution >= 4 is 11.6 Å². The minimum absolute atomic E-state index is 0.193. The number of rotatable bonds is 4. The van der Waals surface area contributed by atoms with Crippen LogP contribution in [0.2, 0.25) is 0 Å². The Morgan fingerprint density at radius 1 is 1.19 bits per heavy atom. The van der Waals surface area contributed by atoms with Crippen LogP contribution in [-0.4, -0.2) is 12.5 Å². The molecule has 0 unspecified atom stereocenters. The van der Waals surface area contributed by atoms with E-state index in [1.165, 1.54) is 0 Å². The second kappa shape index (κ2) is 8.72. The highest BCUT2D eigenvalue weighted by Gasteiger charge is 2.11. The van der Waals surface area contributed by atoms with E-state index >= 15 is 0 Å². The highest BCUT2D eigenvalue weighted by atomic mass is 16.2. The van der Waals surface area contributed by atoms with E-state index in [-0.39, 0.29) is 5.91 Å². The van der Waals surface area contributed by atoms with Crippen molar-refractivity contribution < 1.29 is 4.79 Å². The van der Waals surface area contributed by atoms with Crippen molar-refractivity contribution in [1.82, 2.24) is 0 Å². The highest BCUT2D eigenvalue weighted by Crippen LogP contribution is 2.14. The number of carbonyl (C=O) groups is 1. The summed E-state index contributed by atoms with van der Waals surface area (Å²) in [5.74, 6) is 0.193. The molecule has 0 heterocycles. The summed E-state index contributed by atoms with van der Waals surface area (Å²) in [5.41, 5.74) is 1.00. The fraction of sp³-hybridized carbons (Fsp3) is 0.357. The van der Waals surface area contributed by atoms with Gasteiger partial charge in [-0.2, -0.15) is 0 Å². The molecule has 0 saturated carbocycles. The van der Waals surface area contributed by atoms with Crippen molar-refractivity contribution in [3.63, 3.8) is 0 Å². The molecule has 0 N–H and O–H groups in total. The summed E-state index contributed by atoms with van der Waals surface area (Å²) in [6.45, 7) is 10.8. The minimum Gasteiger partial charge on any atom is -0.312 e. The summed E-state index contributed by atoms with van der Waals surface area (Å²) in [7, 11) is 0. The van der Waals surface area contributed by atoms with Crippen LogP contribution in [-0.2, 0) is 4.79 Å². The van der Waals surface area contributed by atoms with Gasteiger partial charge in [-0.15, -0.1) is 13.2 Å². The summed E-state index contributed by atoms with van der Waals surface area (Å²) in [5, 5.41) is 0. The van der Waals surface area contributed by atoms with Crippen LogP contribution in [0.15, 0.2) is 43.5 Å². The number of carbonyl (C=O) groups excluding carboxylic acids is 1. The van der Waals surface area contributed by atoms with Crippen molar-refractivity contribution in [1.29, 1.82) is 0 Å². The number of para-hydroxylation sites is 1. The van der Waals surface area contributed by atoms with Gasteiger partial charge in [0.25, 0.3) is 0 Å². The smallest absolute Gasteiger partial charge is 0.226 e. The molecule has 2 nitrogen and oxygen atoms in total. The second-order valence-corrected chi connectivity index (χ2v) is 3.23. The van der Waals surface area contributed by atoms with E-state index in [4.69, 9.17) is 0 Å². The third-order valence-electron chi connectivity index (χ3n) is 2.12. The lowest BCUT2D eigenvalue weighted by Crippen LogP contribution is -2.30. The van der Waals surface area contributed by atoms with Crippen LogP contribution in [0, 0.1) is 0 Å². The molecule has 1 amide bonds. The van der Waals surface area contributed by atoms with Gasteiger partial charge in [-0.25, -0.2) is 0 Å². The van der Waals surface area contributed by atoms with Crippen molar-refractivity contribution in [2.24, 2.45) is 0 Å². The van der Waals surface area contributed by atoms with E-state index in [0.717, 1.165) is 18.7 Å². The molecule has 0 aromatic heterocycles. The molecule has 0 aliphatic heterocycles. The monoisotopic (exact) mass is 219 g/mol. The quantitative estimate of drug-likeness (QED) is 0.708. The molecular weight excluding hydrogens is 198 g/mol. The van der Waals surface area contributed by atoms with Gasteiger partial charge in [-0.3, -0.25) is 4.79 Å². The Kier molecular flexibility index (Phi) is 7.86. The Morgan fingerprint density at radius 3 is 2.19 bits per heavy atom. The summed E-state index contributed by atoms with van der Waals surface area (Å²) in [6, 6.07) is 9.83. The van der Waals surface area contributed by atoms with Crippen LogP contribution >= 0.6 is 0 Å². The van der Waals surface area contributed by atoms with Crippen molar-refractivity contribution in [3.8, 4) is 0 Å². The van der Waals surface area contributed by atoms with E-state index in [1.54, 1.807) is 0 Å². The maximum atomic E-state index is 11.6. The average molecular weight is 219 g/mol. The van der Waals surface area contributed by atoms with Crippen molar-refractivity contribution in [3.05, 3.63) is 43.5 Å². The van der Waals surface area contributed by atoms with E-state index in [0.29, 0.717) is 6.42 Å². The minimum atomic E-state index is 0.193. The molecule has 0 aliphatic rings. The Morgan fingerprint density at radius 2 is 1.75 bits per heavy atom. The fourth-order valence-corrected chi connectivity index (χ4v) is 1.42. The lowest BCUT2D eigenvalue weighted by atomic mass is 10.2. The van der Waals surface area contributed by atoms with Crippen LogP contribution in [0.1, 0.15) is 26.7 Å². The Hall–Kier alpha value is -1.57. The van der Waals surface area contributed by atoms with Crippen LogP contribution in [0.25, 0.3) is 0 Å². The molecule has 0 spiro atoms. The first-order chi connectivity index (χ1) is 7.79. The molecule has 1 aromatic rings. The fourth-order valence-electron chi connectivity index (χ4n) is 1.42. The first kappa shape index (κ1) is 14.4. The molecule has 16 heavy (non-hydrogen) atoms. The summed E-state index contributed by atoms with van der Waals surface area (Å²) in [4.78, 5) is 13.5. The molecule has 0 saturated heterocycles. The first-order valence-electron chi connectivity index (χ1n) is 5.65. The van der Waals surface area contributed by atoms with Crippen LogP contribution in [0.4, 0.5) is 5.69 Å². The summed E-state index contributed by atoms with van der Waals surface area (Å²) >= 11 is 0. The topological polar surface area (TPSA) is 20.3 Å². The Balaban J connectivity index is 0.00000106. The van der Waals surface area contributed by atoms with Crippen LogP contribution < -0.4 is 4.90 Å². The van der Waals surface area contributed by atoms with E-state index in [1.807, 2.05) is 42.2 Å². The van der Waals surface area contributed by atoms with E-state index in [9.17, 15) is 4.79 Å². The lowest BCUT2D eigenvalue weighted by molar-refractivity contribution is -0.118. The first-order valence-corrected chi connectivity index (χ1v) is 5.65. The Bertz CT molecular complexity index is 295. The normalized spacial score (nSPS) is 8.88. The molecule has 0 fully saturated rings. The standard InChI is InChI=1S/C12H17NO.C2H4/c1-3-10-13(12(14)4-2)11-8-6-5-7-9-11;1-2/h5-9H,3-4,10H2,1-2H3;1-2H2. The lowest BCUT2D eigenvalue weighted by Gasteiger charge is -2.21. The van der Waals surface area contributed by atoms with Gasteiger partial charge in [-0.1, -0.05) is 32.0 Å². The van der Waals surface area contributed by atoms with E-state index in [2.05, 4.69) is 20.1 Å². The maximum Gasteiger partial charge on any atom is 0.226 e. The third-order valence-corrected chi connectivity index (χ3v) is 2.12. The van der Waals surface area contributed by atoms with E-state index < -0.39 is 0 Å². The zero-order valence-electron chi connectivity index (χ0n) is 10.3. The van der Waals surface area contributed by atoms with Gasteiger partial charge in [0.2, 0.25) is 5.91 Å². The Labute approximate surface area is 98.6 Å². The molecule has 1 aromatic carbocycles. The van der Waals surface area contributed by atoms with Gasteiger partial charge in [0, 0.05) is 18.7 Å². The van der Waals surface area contributed by atoms with Gasteiger partial charge in [-0.05, 0) is 18.6 Å². The van der Waals surface area contributed by atoms with Crippen LogP contribution in [0.3, 0.4) is 0 Å². The number of hydrogen-bond donors (Lipinski definition) is 0. The third kappa shape index (κ3) is 4.30. The van der Waals surface area contributed by atoms with Gasteiger partial charge >= 0.3 is 0 Å². The number of hydrogen-bond acceptors (Lipinski definition) is 1. The van der Waals surface area contributed by atoms with Crippen molar-refractivity contribution in [2.75, 3.05) is 11.4 Å². The van der Waals surface area contributed by atoms with Gasteiger partial charge in [0.1, 0.15) is 0 Å². The molecular formula is C14H21NO.